The summed E-state index contributed by atoms with van der Waals surface area (Å²) in [4.78, 5) is 12.4. The first kappa shape index (κ1) is 29.1. The number of hydrogen-bond donors (Lipinski definition) is 1. The van der Waals surface area contributed by atoms with Gasteiger partial charge in [0.05, 0.1) is 29.7 Å². The fourth-order valence-corrected chi connectivity index (χ4v) is 5.11. The number of methoxy groups -OCH3 is 1. The van der Waals surface area contributed by atoms with Crippen LogP contribution in [-0.4, -0.2) is 40.4 Å². The molecule has 3 aromatic carbocycles. The summed E-state index contributed by atoms with van der Waals surface area (Å²) in [5.74, 6) is 0.224. The summed E-state index contributed by atoms with van der Waals surface area (Å²) in [6.07, 6.45) is 2.39. The van der Waals surface area contributed by atoms with Crippen LogP contribution in [-0.2, 0) is 21.4 Å². The van der Waals surface area contributed by atoms with Crippen LogP contribution in [0, 0.1) is 0 Å². The Labute approximate surface area is 238 Å². The minimum atomic E-state index is -3.73. The van der Waals surface area contributed by atoms with Gasteiger partial charge in [0.2, 0.25) is 10.0 Å². The third kappa shape index (κ3) is 8.24. The van der Waals surface area contributed by atoms with Gasteiger partial charge < -0.3 is 9.47 Å². The summed E-state index contributed by atoms with van der Waals surface area (Å²) < 4.78 is 37.3. The minimum Gasteiger partial charge on any atom is -0.493 e. The average Bonchev–Trinajstić information content (AvgIpc) is 2.82. The van der Waals surface area contributed by atoms with Crippen LogP contribution in [0.15, 0.2) is 64.2 Å². The van der Waals surface area contributed by atoms with Crippen LogP contribution in [0.2, 0.25) is 15.1 Å². The zero-order chi connectivity index (χ0) is 27.2. The molecule has 1 amide bonds. The maximum atomic E-state index is 12.4. The molecule has 3 rings (SSSR count). The lowest BCUT2D eigenvalue weighted by atomic mass is 10.2. The van der Waals surface area contributed by atoms with Gasteiger partial charge in [0.25, 0.3) is 5.91 Å². The summed E-state index contributed by atoms with van der Waals surface area (Å²) in [5, 5.41) is 5.38. The Morgan fingerprint density at radius 2 is 1.76 bits per heavy atom. The van der Waals surface area contributed by atoms with Gasteiger partial charge in [-0.15, -0.1) is 0 Å². The molecule has 0 atom stereocenters. The van der Waals surface area contributed by atoms with Crippen LogP contribution in [0.3, 0.4) is 0 Å². The molecule has 0 bridgehead atoms. The number of carbonyl (C=O) groups is 1. The molecule has 0 spiro atoms. The Morgan fingerprint density at radius 3 is 2.38 bits per heavy atom. The molecule has 0 aliphatic carbocycles. The Bertz CT molecular complexity index is 1420. The van der Waals surface area contributed by atoms with Crippen LogP contribution < -0.4 is 19.2 Å². The van der Waals surface area contributed by atoms with Gasteiger partial charge in [-0.2, -0.15) is 5.10 Å². The number of amides is 1. The van der Waals surface area contributed by atoms with E-state index in [1.807, 2.05) is 0 Å². The van der Waals surface area contributed by atoms with Crippen molar-refractivity contribution in [2.24, 2.45) is 5.10 Å². The summed E-state index contributed by atoms with van der Waals surface area (Å²) in [5.41, 5.74) is 3.96. The molecule has 0 saturated carbocycles. The number of benzene rings is 3. The number of nitrogens with one attached hydrogen (secondary N) is 1. The van der Waals surface area contributed by atoms with Gasteiger partial charge >= 0.3 is 0 Å². The minimum absolute atomic E-state index is 0.179. The number of ether oxygens (including phenoxy) is 2. The largest absolute Gasteiger partial charge is 0.493 e. The standard InChI is InChI=1S/C24H21BrCl3N3O5S/c1-35-22-10-15(9-20(25)24(22)36-14-16-3-4-18(27)11-21(16)28)12-29-30-23(32)13-31(37(2,33)34)19-7-5-17(26)6-8-19/h3-12H,13-14H2,1-2H3,(H,30,32)/b29-12-. The van der Waals surface area contributed by atoms with Crippen molar-refractivity contribution in [3.05, 3.63) is 85.3 Å². The lowest BCUT2D eigenvalue weighted by molar-refractivity contribution is -0.119. The lowest BCUT2D eigenvalue weighted by Gasteiger charge is -2.21. The van der Waals surface area contributed by atoms with Crippen molar-refractivity contribution < 1.29 is 22.7 Å². The monoisotopic (exact) mass is 647 g/mol. The molecule has 0 aliphatic heterocycles. The van der Waals surface area contributed by atoms with Gasteiger partial charge in [-0.05, 0) is 70.0 Å². The summed E-state index contributed by atoms with van der Waals surface area (Å²) >= 11 is 21.5. The third-order valence-electron chi connectivity index (χ3n) is 4.84. The van der Waals surface area contributed by atoms with Crippen LogP contribution in [0.25, 0.3) is 0 Å². The highest BCUT2D eigenvalue weighted by atomic mass is 79.9. The molecule has 13 heteroatoms. The van der Waals surface area contributed by atoms with Crippen molar-refractivity contribution in [1.29, 1.82) is 0 Å². The number of sulfonamides is 1. The average molecular weight is 650 g/mol. The number of rotatable bonds is 10. The van der Waals surface area contributed by atoms with Gasteiger partial charge in [-0.1, -0.05) is 40.9 Å². The SMILES string of the molecule is COc1cc(/C=N\NC(=O)CN(c2ccc(Cl)cc2)S(C)(=O)=O)cc(Br)c1OCc1ccc(Cl)cc1Cl. The second-order valence-electron chi connectivity index (χ2n) is 7.60. The fourth-order valence-electron chi connectivity index (χ4n) is 3.10. The van der Waals surface area contributed by atoms with Crippen molar-refractivity contribution in [3.8, 4) is 11.5 Å². The highest BCUT2D eigenvalue weighted by Gasteiger charge is 2.20. The predicted octanol–water partition coefficient (Wildman–Crippen LogP) is 5.91. The van der Waals surface area contributed by atoms with Gasteiger partial charge in [-0.3, -0.25) is 9.10 Å². The molecule has 196 valence electrons. The highest BCUT2D eigenvalue weighted by Crippen LogP contribution is 2.37. The first-order valence-corrected chi connectivity index (χ1v) is 14.2. The van der Waals surface area contributed by atoms with Gasteiger partial charge in [-0.25, -0.2) is 13.8 Å². The number of halogens is 4. The zero-order valence-corrected chi connectivity index (χ0v) is 24.2. The fraction of sp³-hybridized carbons (Fsp3) is 0.167. The van der Waals surface area contributed by atoms with Crippen molar-refractivity contribution >= 4 is 78.6 Å². The molecular weight excluding hydrogens is 629 g/mol. The van der Waals surface area contributed by atoms with E-state index in [2.05, 4.69) is 26.5 Å². The summed E-state index contributed by atoms with van der Waals surface area (Å²) in [7, 11) is -2.24. The molecule has 0 radical (unpaired) electrons. The first-order chi connectivity index (χ1) is 17.5. The van der Waals surface area contributed by atoms with Crippen LogP contribution in [0.5, 0.6) is 11.5 Å². The van der Waals surface area contributed by atoms with E-state index in [1.165, 1.54) is 37.6 Å². The van der Waals surface area contributed by atoms with Gasteiger partial charge in [0, 0.05) is 20.6 Å². The molecule has 0 aromatic heterocycles. The quantitative estimate of drug-likeness (QED) is 0.218. The van der Waals surface area contributed by atoms with E-state index in [1.54, 1.807) is 30.3 Å². The Kier molecular flexibility index (Phi) is 10.1. The molecule has 0 aliphatic rings. The number of hydrazone groups is 1. The van der Waals surface area contributed by atoms with E-state index in [0.29, 0.717) is 42.3 Å². The molecule has 0 heterocycles. The molecule has 3 aromatic rings. The highest BCUT2D eigenvalue weighted by molar-refractivity contribution is 9.10. The molecule has 0 saturated heterocycles. The van der Waals surface area contributed by atoms with Crippen molar-refractivity contribution in [2.75, 3.05) is 24.2 Å². The van der Waals surface area contributed by atoms with Crippen molar-refractivity contribution in [1.82, 2.24) is 5.43 Å². The number of hydrogen-bond acceptors (Lipinski definition) is 6. The summed E-state index contributed by atoms with van der Waals surface area (Å²) in [6.45, 7) is -0.288. The maximum Gasteiger partial charge on any atom is 0.260 e. The second-order valence-corrected chi connectivity index (χ2v) is 11.6. The third-order valence-corrected chi connectivity index (χ3v) is 7.41. The molecule has 0 unspecified atom stereocenters. The zero-order valence-electron chi connectivity index (χ0n) is 19.5. The first-order valence-electron chi connectivity index (χ1n) is 10.5. The van der Waals surface area contributed by atoms with E-state index in [0.717, 1.165) is 16.1 Å². The van der Waals surface area contributed by atoms with Crippen LogP contribution in [0.4, 0.5) is 5.69 Å². The van der Waals surface area contributed by atoms with E-state index in [-0.39, 0.29) is 6.61 Å². The molecule has 37 heavy (non-hydrogen) atoms. The molecule has 1 N–H and O–H groups in total. The van der Waals surface area contributed by atoms with Gasteiger partial charge in [0.15, 0.2) is 11.5 Å². The van der Waals surface area contributed by atoms with E-state index in [4.69, 9.17) is 44.3 Å². The van der Waals surface area contributed by atoms with Crippen molar-refractivity contribution in [2.45, 2.75) is 6.61 Å². The maximum absolute atomic E-state index is 12.4. The molecular formula is C24H21BrCl3N3O5S. The smallest absolute Gasteiger partial charge is 0.260 e. The second kappa shape index (κ2) is 12.8. The number of carbonyl (C=O) groups excluding carboxylic acids is 1. The Morgan fingerprint density at radius 1 is 1.08 bits per heavy atom. The van der Waals surface area contributed by atoms with Crippen LogP contribution >= 0.6 is 50.7 Å². The Balaban J connectivity index is 1.68. The van der Waals surface area contributed by atoms with Gasteiger partial charge in [0.1, 0.15) is 13.2 Å². The summed E-state index contributed by atoms with van der Waals surface area (Å²) in [6, 6.07) is 14.6. The normalized spacial score (nSPS) is 11.4. The lowest BCUT2D eigenvalue weighted by Crippen LogP contribution is -2.38. The Hall–Kier alpha value is -2.50. The number of nitrogens with zero attached hydrogens (tertiary/aromatic N) is 2. The molecule has 8 nitrogen and oxygen atoms in total. The van der Waals surface area contributed by atoms with Crippen molar-refractivity contribution in [3.63, 3.8) is 0 Å². The predicted molar refractivity (Wildman–Crippen MR) is 151 cm³/mol. The number of anilines is 1. The van der Waals surface area contributed by atoms with E-state index >= 15 is 0 Å². The van der Waals surface area contributed by atoms with E-state index in [9.17, 15) is 13.2 Å². The van der Waals surface area contributed by atoms with Crippen LogP contribution in [0.1, 0.15) is 11.1 Å². The van der Waals surface area contributed by atoms with E-state index < -0.39 is 22.5 Å². The molecule has 0 fully saturated rings. The topological polar surface area (TPSA) is 97.3 Å².